The standard InChI is InChI=1S/C14H16O/c1-5-6-13(15)11-7-9-12(10-8-11)14(2,3)4/h1,7-10H,6H2,2-4H3. The summed E-state index contributed by atoms with van der Waals surface area (Å²) in [6, 6.07) is 7.67. The Bertz CT molecular complexity index is 385. The lowest BCUT2D eigenvalue weighted by atomic mass is 9.86. The van der Waals surface area contributed by atoms with E-state index in [2.05, 4.69) is 26.7 Å². The van der Waals surface area contributed by atoms with Crippen LogP contribution in [-0.4, -0.2) is 5.78 Å². The summed E-state index contributed by atoms with van der Waals surface area (Å²) >= 11 is 0. The number of benzene rings is 1. The van der Waals surface area contributed by atoms with Gasteiger partial charge in [0.05, 0.1) is 6.42 Å². The van der Waals surface area contributed by atoms with E-state index in [1.807, 2.05) is 24.3 Å². The van der Waals surface area contributed by atoms with Gasteiger partial charge in [-0.15, -0.1) is 6.42 Å². The fraction of sp³-hybridized carbons (Fsp3) is 0.357. The van der Waals surface area contributed by atoms with Gasteiger partial charge >= 0.3 is 0 Å². The summed E-state index contributed by atoms with van der Waals surface area (Å²) < 4.78 is 0. The molecule has 0 radical (unpaired) electrons. The van der Waals surface area contributed by atoms with E-state index in [0.717, 1.165) is 0 Å². The molecule has 0 spiro atoms. The van der Waals surface area contributed by atoms with Gasteiger partial charge in [0.15, 0.2) is 5.78 Å². The summed E-state index contributed by atoms with van der Waals surface area (Å²) in [6.07, 6.45) is 5.27. The summed E-state index contributed by atoms with van der Waals surface area (Å²) in [5.41, 5.74) is 2.04. The molecule has 1 heteroatoms. The highest BCUT2D eigenvalue weighted by molar-refractivity contribution is 5.97. The number of carbonyl (C=O) groups excluding carboxylic acids is 1. The van der Waals surface area contributed by atoms with Crippen molar-refractivity contribution in [3.63, 3.8) is 0 Å². The molecule has 1 nitrogen and oxygen atoms in total. The molecule has 0 atom stereocenters. The Balaban J connectivity index is 2.92. The molecule has 0 aliphatic carbocycles. The van der Waals surface area contributed by atoms with Gasteiger partial charge in [-0.2, -0.15) is 0 Å². The largest absolute Gasteiger partial charge is 0.293 e. The SMILES string of the molecule is C#CCC(=O)c1ccc(C(C)(C)C)cc1. The van der Waals surface area contributed by atoms with E-state index in [0.29, 0.717) is 5.56 Å². The topological polar surface area (TPSA) is 17.1 Å². The number of hydrogen-bond donors (Lipinski definition) is 0. The van der Waals surface area contributed by atoms with E-state index in [-0.39, 0.29) is 17.6 Å². The first-order chi connectivity index (χ1) is 6.95. The highest BCUT2D eigenvalue weighted by Crippen LogP contribution is 2.22. The van der Waals surface area contributed by atoms with E-state index < -0.39 is 0 Å². The first kappa shape index (κ1) is 11.5. The van der Waals surface area contributed by atoms with Crippen LogP contribution in [0.25, 0.3) is 0 Å². The van der Waals surface area contributed by atoms with Gasteiger partial charge in [0, 0.05) is 5.56 Å². The van der Waals surface area contributed by atoms with Gasteiger partial charge in [-0.25, -0.2) is 0 Å². The second-order valence-corrected chi connectivity index (χ2v) is 4.63. The normalized spacial score (nSPS) is 10.8. The molecule has 0 bridgehead atoms. The molecule has 0 amide bonds. The molecular weight excluding hydrogens is 184 g/mol. The summed E-state index contributed by atoms with van der Waals surface area (Å²) in [4.78, 5) is 11.5. The molecule has 0 saturated carbocycles. The molecule has 0 N–H and O–H groups in total. The lowest BCUT2D eigenvalue weighted by Crippen LogP contribution is -2.11. The van der Waals surface area contributed by atoms with Gasteiger partial charge in [-0.1, -0.05) is 51.0 Å². The van der Waals surface area contributed by atoms with Gasteiger partial charge in [-0.3, -0.25) is 4.79 Å². The number of carbonyl (C=O) groups is 1. The van der Waals surface area contributed by atoms with Crippen molar-refractivity contribution in [1.29, 1.82) is 0 Å². The minimum atomic E-state index is 0.0120. The lowest BCUT2D eigenvalue weighted by Gasteiger charge is -2.18. The van der Waals surface area contributed by atoms with Crippen molar-refractivity contribution in [2.24, 2.45) is 0 Å². The van der Waals surface area contributed by atoms with Crippen LogP contribution in [0.3, 0.4) is 0 Å². The Morgan fingerprint density at radius 1 is 1.27 bits per heavy atom. The van der Waals surface area contributed by atoms with Crippen molar-refractivity contribution >= 4 is 5.78 Å². The van der Waals surface area contributed by atoms with E-state index in [4.69, 9.17) is 6.42 Å². The van der Waals surface area contributed by atoms with E-state index in [9.17, 15) is 4.79 Å². The minimum absolute atomic E-state index is 0.0120. The Labute approximate surface area is 91.5 Å². The van der Waals surface area contributed by atoms with Crippen molar-refractivity contribution in [3.05, 3.63) is 35.4 Å². The van der Waals surface area contributed by atoms with Crippen LogP contribution >= 0.6 is 0 Å². The maximum atomic E-state index is 11.5. The maximum absolute atomic E-state index is 11.5. The lowest BCUT2D eigenvalue weighted by molar-refractivity contribution is 0.0998. The number of Topliss-reactive ketones (excluding diaryl/α,β-unsaturated/α-hetero) is 1. The van der Waals surface area contributed by atoms with Gasteiger partial charge in [-0.05, 0) is 11.0 Å². The zero-order valence-electron chi connectivity index (χ0n) is 9.50. The van der Waals surface area contributed by atoms with E-state index >= 15 is 0 Å². The molecule has 15 heavy (non-hydrogen) atoms. The van der Waals surface area contributed by atoms with Crippen LogP contribution in [0.5, 0.6) is 0 Å². The van der Waals surface area contributed by atoms with Crippen LogP contribution in [-0.2, 0) is 5.41 Å². The number of hydrogen-bond acceptors (Lipinski definition) is 1. The molecule has 0 heterocycles. The highest BCUT2D eigenvalue weighted by atomic mass is 16.1. The second-order valence-electron chi connectivity index (χ2n) is 4.63. The Morgan fingerprint density at radius 2 is 1.80 bits per heavy atom. The summed E-state index contributed by atoms with van der Waals surface area (Å²) in [5, 5.41) is 0. The molecular formula is C14H16O. The summed E-state index contributed by atoms with van der Waals surface area (Å²) in [6.45, 7) is 6.43. The second kappa shape index (κ2) is 4.31. The molecule has 0 saturated heterocycles. The molecule has 1 aromatic carbocycles. The van der Waals surface area contributed by atoms with Crippen molar-refractivity contribution < 1.29 is 4.79 Å². The quantitative estimate of drug-likeness (QED) is 0.529. The molecule has 0 fully saturated rings. The van der Waals surface area contributed by atoms with Crippen LogP contribution in [0.1, 0.15) is 43.1 Å². The Hall–Kier alpha value is -1.55. The van der Waals surface area contributed by atoms with Gasteiger partial charge in [0.1, 0.15) is 0 Å². The first-order valence-electron chi connectivity index (χ1n) is 5.02. The molecule has 0 aromatic heterocycles. The van der Waals surface area contributed by atoms with Crippen LogP contribution in [0.15, 0.2) is 24.3 Å². The molecule has 78 valence electrons. The predicted molar refractivity (Wildman–Crippen MR) is 62.9 cm³/mol. The molecule has 1 rings (SSSR count). The zero-order chi connectivity index (χ0) is 11.5. The van der Waals surface area contributed by atoms with Crippen molar-refractivity contribution in [2.75, 3.05) is 0 Å². The molecule has 0 aliphatic rings. The average Bonchev–Trinajstić information content (AvgIpc) is 2.17. The van der Waals surface area contributed by atoms with Crippen LogP contribution in [0, 0.1) is 12.3 Å². The van der Waals surface area contributed by atoms with Gasteiger partial charge in [0.25, 0.3) is 0 Å². The fourth-order valence-electron chi connectivity index (χ4n) is 1.35. The van der Waals surface area contributed by atoms with E-state index in [1.54, 1.807) is 0 Å². The summed E-state index contributed by atoms with van der Waals surface area (Å²) in [7, 11) is 0. The molecule has 0 unspecified atom stereocenters. The predicted octanol–water partition coefficient (Wildman–Crippen LogP) is 3.19. The molecule has 0 aliphatic heterocycles. The number of rotatable bonds is 2. The van der Waals surface area contributed by atoms with Gasteiger partial charge in [0.2, 0.25) is 0 Å². The van der Waals surface area contributed by atoms with Crippen molar-refractivity contribution in [1.82, 2.24) is 0 Å². The first-order valence-corrected chi connectivity index (χ1v) is 5.02. The van der Waals surface area contributed by atoms with Gasteiger partial charge < -0.3 is 0 Å². The Kier molecular flexibility index (Phi) is 3.31. The average molecular weight is 200 g/mol. The Morgan fingerprint density at radius 3 is 2.20 bits per heavy atom. The van der Waals surface area contributed by atoms with Crippen LogP contribution < -0.4 is 0 Å². The highest BCUT2D eigenvalue weighted by Gasteiger charge is 2.13. The third-order valence-corrected chi connectivity index (χ3v) is 2.34. The third kappa shape index (κ3) is 2.95. The zero-order valence-corrected chi connectivity index (χ0v) is 9.50. The minimum Gasteiger partial charge on any atom is -0.293 e. The number of terminal acetylenes is 1. The van der Waals surface area contributed by atoms with E-state index in [1.165, 1.54) is 5.56 Å². The smallest absolute Gasteiger partial charge is 0.174 e. The van der Waals surface area contributed by atoms with Crippen molar-refractivity contribution in [2.45, 2.75) is 32.6 Å². The van der Waals surface area contributed by atoms with Crippen LogP contribution in [0.4, 0.5) is 0 Å². The number of ketones is 1. The molecule has 1 aromatic rings. The van der Waals surface area contributed by atoms with Crippen LogP contribution in [0.2, 0.25) is 0 Å². The van der Waals surface area contributed by atoms with Crippen molar-refractivity contribution in [3.8, 4) is 12.3 Å². The fourth-order valence-corrected chi connectivity index (χ4v) is 1.35. The maximum Gasteiger partial charge on any atom is 0.174 e. The monoisotopic (exact) mass is 200 g/mol. The third-order valence-electron chi connectivity index (χ3n) is 2.34. The summed E-state index contributed by atoms with van der Waals surface area (Å²) in [5.74, 6) is 2.37.